The first-order chi connectivity index (χ1) is 7.75. The van der Waals surface area contributed by atoms with Crippen LogP contribution >= 0.6 is 22.7 Å². The highest BCUT2D eigenvalue weighted by atomic mass is 32.1. The van der Waals surface area contributed by atoms with E-state index in [4.69, 9.17) is 0 Å². The molecule has 0 radical (unpaired) electrons. The second-order valence-electron chi connectivity index (χ2n) is 4.35. The lowest BCUT2D eigenvalue weighted by molar-refractivity contribution is 0.583. The Labute approximate surface area is 104 Å². The molecule has 0 aliphatic carbocycles. The molecule has 1 aliphatic heterocycles. The number of hydrogen-bond acceptors (Lipinski definition) is 3. The van der Waals surface area contributed by atoms with Crippen LogP contribution in [0.3, 0.4) is 0 Å². The minimum Gasteiger partial charge on any atom is -0.305 e. The molecule has 3 rings (SSSR count). The van der Waals surface area contributed by atoms with Crippen LogP contribution in [0.2, 0.25) is 0 Å². The van der Waals surface area contributed by atoms with Crippen LogP contribution in [0.4, 0.5) is 0 Å². The normalized spacial score (nSPS) is 19.8. The summed E-state index contributed by atoms with van der Waals surface area (Å²) in [4.78, 5) is 4.44. The topological polar surface area (TPSA) is 12.0 Å². The van der Waals surface area contributed by atoms with Gasteiger partial charge < -0.3 is 5.32 Å². The maximum Gasteiger partial charge on any atom is 0.0770 e. The molecule has 1 N–H and O–H groups in total. The molecule has 0 amide bonds. The highest BCUT2D eigenvalue weighted by Crippen LogP contribution is 2.37. The van der Waals surface area contributed by atoms with Gasteiger partial charge in [0, 0.05) is 21.2 Å². The summed E-state index contributed by atoms with van der Waals surface area (Å²) in [5.74, 6) is 0. The third-order valence-corrected chi connectivity index (χ3v) is 5.37. The molecule has 2 aromatic heterocycles. The summed E-state index contributed by atoms with van der Waals surface area (Å²) in [6, 6.07) is 5.02. The summed E-state index contributed by atoms with van der Waals surface area (Å²) in [7, 11) is 0. The minimum absolute atomic E-state index is 0.447. The summed E-state index contributed by atoms with van der Waals surface area (Å²) < 4.78 is 0. The Bertz CT molecular complexity index is 510. The molecule has 0 spiro atoms. The second kappa shape index (κ2) is 3.99. The van der Waals surface area contributed by atoms with E-state index < -0.39 is 0 Å². The van der Waals surface area contributed by atoms with E-state index in [0.29, 0.717) is 6.04 Å². The van der Waals surface area contributed by atoms with Gasteiger partial charge in [0.2, 0.25) is 0 Å². The average molecular weight is 249 g/mol. The molecule has 16 heavy (non-hydrogen) atoms. The van der Waals surface area contributed by atoms with E-state index >= 15 is 0 Å². The van der Waals surface area contributed by atoms with Gasteiger partial charge in [0.25, 0.3) is 0 Å². The van der Waals surface area contributed by atoms with Crippen LogP contribution in [0.1, 0.15) is 31.8 Å². The Kier molecular flexibility index (Phi) is 2.62. The van der Waals surface area contributed by atoms with E-state index in [0.717, 1.165) is 6.54 Å². The summed E-state index contributed by atoms with van der Waals surface area (Å²) in [5.41, 5.74) is 2.97. The van der Waals surface area contributed by atoms with E-state index in [2.05, 4.69) is 36.7 Å². The molecule has 1 aliphatic rings. The second-order valence-corrected chi connectivity index (χ2v) is 6.59. The van der Waals surface area contributed by atoms with Gasteiger partial charge in [-0.1, -0.05) is 0 Å². The standard InChI is InChI=1S/C13H15NS2/c1-8-7-9(2)16-12(8)11-13-10(3-5-14-11)4-6-15-13/h4,6-7,11,14H,3,5H2,1-2H3. The van der Waals surface area contributed by atoms with E-state index in [1.165, 1.54) is 26.6 Å². The fourth-order valence-electron chi connectivity index (χ4n) is 2.41. The lowest BCUT2D eigenvalue weighted by atomic mass is 10.0. The maximum atomic E-state index is 3.65. The molecule has 0 saturated heterocycles. The molecular formula is C13H15NS2. The van der Waals surface area contributed by atoms with Gasteiger partial charge in [-0.2, -0.15) is 0 Å². The van der Waals surface area contributed by atoms with Gasteiger partial charge in [-0.05, 0) is 48.9 Å². The molecule has 3 heterocycles. The van der Waals surface area contributed by atoms with Gasteiger partial charge in [-0.3, -0.25) is 0 Å². The molecule has 84 valence electrons. The predicted molar refractivity (Wildman–Crippen MR) is 71.7 cm³/mol. The molecule has 1 unspecified atom stereocenters. The lowest BCUT2D eigenvalue weighted by Gasteiger charge is -2.23. The van der Waals surface area contributed by atoms with Crippen LogP contribution < -0.4 is 5.32 Å². The van der Waals surface area contributed by atoms with E-state index in [9.17, 15) is 0 Å². The fraction of sp³-hybridized carbons (Fsp3) is 0.385. The fourth-order valence-corrected chi connectivity index (χ4v) is 4.64. The monoisotopic (exact) mass is 249 g/mol. The molecule has 2 aromatic rings. The van der Waals surface area contributed by atoms with Crippen molar-refractivity contribution >= 4 is 22.7 Å². The maximum absolute atomic E-state index is 3.65. The zero-order valence-corrected chi connectivity index (χ0v) is 11.2. The van der Waals surface area contributed by atoms with Crippen molar-refractivity contribution < 1.29 is 0 Å². The molecule has 0 fully saturated rings. The highest BCUT2D eigenvalue weighted by molar-refractivity contribution is 7.13. The van der Waals surface area contributed by atoms with Crippen molar-refractivity contribution in [2.75, 3.05) is 6.54 Å². The Morgan fingerprint density at radius 2 is 2.19 bits per heavy atom. The Morgan fingerprint density at radius 1 is 1.31 bits per heavy atom. The van der Waals surface area contributed by atoms with Gasteiger partial charge in [-0.15, -0.1) is 22.7 Å². The number of rotatable bonds is 1. The largest absolute Gasteiger partial charge is 0.305 e. The van der Waals surface area contributed by atoms with E-state index in [1.807, 2.05) is 22.7 Å². The molecule has 0 saturated carbocycles. The summed E-state index contributed by atoms with van der Waals surface area (Å²) >= 11 is 3.82. The molecule has 1 nitrogen and oxygen atoms in total. The quantitative estimate of drug-likeness (QED) is 0.813. The van der Waals surface area contributed by atoms with Crippen molar-refractivity contribution in [3.05, 3.63) is 43.3 Å². The number of aryl methyl sites for hydroxylation is 2. The van der Waals surface area contributed by atoms with Crippen LogP contribution in [0.5, 0.6) is 0 Å². The van der Waals surface area contributed by atoms with Gasteiger partial charge in [0.1, 0.15) is 0 Å². The van der Waals surface area contributed by atoms with Crippen LogP contribution in [0.15, 0.2) is 17.5 Å². The van der Waals surface area contributed by atoms with E-state index in [1.54, 1.807) is 5.56 Å². The Balaban J connectivity index is 2.07. The Hall–Kier alpha value is -0.640. The van der Waals surface area contributed by atoms with Gasteiger partial charge >= 0.3 is 0 Å². The van der Waals surface area contributed by atoms with Crippen LogP contribution in [0.25, 0.3) is 0 Å². The molecule has 1 atom stereocenters. The van der Waals surface area contributed by atoms with Crippen molar-refractivity contribution in [3.8, 4) is 0 Å². The Morgan fingerprint density at radius 3 is 2.94 bits per heavy atom. The molecule has 3 heteroatoms. The molecule has 0 aromatic carbocycles. The third kappa shape index (κ3) is 1.63. The summed E-state index contributed by atoms with van der Waals surface area (Å²) in [6.45, 7) is 5.52. The van der Waals surface area contributed by atoms with Crippen LogP contribution in [-0.4, -0.2) is 6.54 Å². The van der Waals surface area contributed by atoms with Gasteiger partial charge in [-0.25, -0.2) is 0 Å². The zero-order valence-electron chi connectivity index (χ0n) is 9.54. The van der Waals surface area contributed by atoms with Crippen LogP contribution in [-0.2, 0) is 6.42 Å². The SMILES string of the molecule is Cc1cc(C)c(C2NCCc3ccsc32)s1. The van der Waals surface area contributed by atoms with Crippen molar-refractivity contribution in [1.82, 2.24) is 5.32 Å². The minimum atomic E-state index is 0.447. The lowest BCUT2D eigenvalue weighted by Crippen LogP contribution is -2.29. The van der Waals surface area contributed by atoms with Crippen molar-refractivity contribution in [2.24, 2.45) is 0 Å². The van der Waals surface area contributed by atoms with Gasteiger partial charge in [0.15, 0.2) is 0 Å². The predicted octanol–water partition coefficient (Wildman–Crippen LogP) is 3.66. The van der Waals surface area contributed by atoms with Crippen molar-refractivity contribution in [3.63, 3.8) is 0 Å². The summed E-state index contributed by atoms with van der Waals surface area (Å²) in [6.07, 6.45) is 1.18. The highest BCUT2D eigenvalue weighted by Gasteiger charge is 2.24. The first-order valence-corrected chi connectivity index (χ1v) is 7.32. The number of fused-ring (bicyclic) bond motifs is 1. The first kappa shape index (κ1) is 10.5. The van der Waals surface area contributed by atoms with Crippen molar-refractivity contribution in [1.29, 1.82) is 0 Å². The zero-order chi connectivity index (χ0) is 11.1. The number of hydrogen-bond donors (Lipinski definition) is 1. The summed E-state index contributed by atoms with van der Waals surface area (Å²) in [5, 5.41) is 5.88. The van der Waals surface area contributed by atoms with Crippen LogP contribution in [0, 0.1) is 13.8 Å². The van der Waals surface area contributed by atoms with E-state index in [-0.39, 0.29) is 0 Å². The smallest absolute Gasteiger partial charge is 0.0770 e. The van der Waals surface area contributed by atoms with Gasteiger partial charge in [0.05, 0.1) is 6.04 Å². The number of thiophene rings is 2. The number of nitrogens with one attached hydrogen (secondary N) is 1. The van der Waals surface area contributed by atoms with Crippen molar-refractivity contribution in [2.45, 2.75) is 26.3 Å². The third-order valence-electron chi connectivity index (χ3n) is 3.13. The average Bonchev–Trinajstić information content (AvgIpc) is 2.84. The molecular weight excluding hydrogens is 234 g/mol. The first-order valence-electron chi connectivity index (χ1n) is 5.62. The molecule has 0 bridgehead atoms.